The molecule has 1 aliphatic rings. The van der Waals surface area contributed by atoms with Gasteiger partial charge in [-0.25, -0.2) is 15.0 Å². The Morgan fingerprint density at radius 2 is 2.00 bits per heavy atom. The maximum atomic E-state index is 4.38. The van der Waals surface area contributed by atoms with Crippen LogP contribution in [0.5, 0.6) is 0 Å². The largest absolute Gasteiger partial charge is 0.355 e. The van der Waals surface area contributed by atoms with Crippen molar-refractivity contribution in [1.29, 1.82) is 0 Å². The SMILES string of the molecule is c1cnc(N2CCC(c3[nH]nc4nccnc34)C2)cn1. The van der Waals surface area contributed by atoms with Crippen LogP contribution in [0.4, 0.5) is 5.82 Å². The molecule has 0 bridgehead atoms. The van der Waals surface area contributed by atoms with Crippen molar-refractivity contribution < 1.29 is 0 Å². The first-order valence-corrected chi connectivity index (χ1v) is 6.58. The molecule has 4 rings (SSSR count). The summed E-state index contributed by atoms with van der Waals surface area (Å²) in [5.74, 6) is 1.30. The van der Waals surface area contributed by atoms with E-state index in [1.807, 2.05) is 0 Å². The van der Waals surface area contributed by atoms with Gasteiger partial charge in [0.05, 0.1) is 11.9 Å². The van der Waals surface area contributed by atoms with Gasteiger partial charge in [-0.05, 0) is 6.42 Å². The van der Waals surface area contributed by atoms with Crippen molar-refractivity contribution in [2.24, 2.45) is 0 Å². The quantitative estimate of drug-likeness (QED) is 0.749. The van der Waals surface area contributed by atoms with E-state index in [9.17, 15) is 0 Å². The first-order chi connectivity index (χ1) is 9.92. The first kappa shape index (κ1) is 11.3. The third kappa shape index (κ3) is 1.78. The number of nitrogens with zero attached hydrogens (tertiary/aromatic N) is 6. The predicted molar refractivity (Wildman–Crippen MR) is 73.3 cm³/mol. The zero-order valence-corrected chi connectivity index (χ0v) is 10.8. The number of H-pyrrole nitrogens is 1. The van der Waals surface area contributed by atoms with Gasteiger partial charge >= 0.3 is 0 Å². The van der Waals surface area contributed by atoms with Crippen LogP contribution in [-0.2, 0) is 0 Å². The van der Waals surface area contributed by atoms with Crippen molar-refractivity contribution in [2.45, 2.75) is 12.3 Å². The van der Waals surface area contributed by atoms with Crippen LogP contribution in [0.15, 0.2) is 31.0 Å². The Balaban J connectivity index is 1.62. The van der Waals surface area contributed by atoms with E-state index in [0.717, 1.165) is 36.5 Å². The monoisotopic (exact) mass is 267 g/mol. The fraction of sp³-hybridized carbons (Fsp3) is 0.308. The van der Waals surface area contributed by atoms with Gasteiger partial charge in [0.1, 0.15) is 11.3 Å². The van der Waals surface area contributed by atoms with Gasteiger partial charge in [-0.2, -0.15) is 5.10 Å². The van der Waals surface area contributed by atoms with Crippen LogP contribution in [0.1, 0.15) is 18.0 Å². The van der Waals surface area contributed by atoms with Gasteiger partial charge in [0.15, 0.2) is 5.65 Å². The normalized spacial score (nSPS) is 18.8. The summed E-state index contributed by atoms with van der Waals surface area (Å²) in [6, 6.07) is 0. The topological polar surface area (TPSA) is 83.5 Å². The summed E-state index contributed by atoms with van der Waals surface area (Å²) >= 11 is 0. The Kier molecular flexibility index (Phi) is 2.55. The summed E-state index contributed by atoms with van der Waals surface area (Å²) < 4.78 is 0. The lowest BCUT2D eigenvalue weighted by Crippen LogP contribution is -2.20. The van der Waals surface area contributed by atoms with E-state index in [-0.39, 0.29) is 0 Å². The Hall–Kier alpha value is -2.57. The second kappa shape index (κ2) is 4.52. The van der Waals surface area contributed by atoms with Gasteiger partial charge in [0.2, 0.25) is 0 Å². The second-order valence-corrected chi connectivity index (χ2v) is 4.86. The van der Waals surface area contributed by atoms with Crippen LogP contribution in [0, 0.1) is 0 Å². The zero-order valence-electron chi connectivity index (χ0n) is 10.8. The van der Waals surface area contributed by atoms with Gasteiger partial charge < -0.3 is 4.90 Å². The molecule has 0 radical (unpaired) electrons. The maximum Gasteiger partial charge on any atom is 0.199 e. The molecule has 7 nitrogen and oxygen atoms in total. The highest BCUT2D eigenvalue weighted by atomic mass is 15.2. The number of anilines is 1. The van der Waals surface area contributed by atoms with Gasteiger partial charge in [-0.1, -0.05) is 0 Å². The highest BCUT2D eigenvalue weighted by molar-refractivity contribution is 5.73. The van der Waals surface area contributed by atoms with Crippen LogP contribution in [0.3, 0.4) is 0 Å². The van der Waals surface area contributed by atoms with Gasteiger partial charge in [-0.15, -0.1) is 0 Å². The molecule has 3 aromatic heterocycles. The highest BCUT2D eigenvalue weighted by Gasteiger charge is 2.28. The van der Waals surface area contributed by atoms with Crippen molar-refractivity contribution in [2.75, 3.05) is 18.0 Å². The van der Waals surface area contributed by atoms with Crippen LogP contribution in [0.25, 0.3) is 11.2 Å². The zero-order chi connectivity index (χ0) is 13.4. The number of rotatable bonds is 2. The summed E-state index contributed by atoms with van der Waals surface area (Å²) in [5, 5.41) is 7.31. The molecular formula is C13H13N7. The average molecular weight is 267 g/mol. The minimum Gasteiger partial charge on any atom is -0.355 e. The number of fused-ring (bicyclic) bond motifs is 1. The van der Waals surface area contributed by atoms with Crippen LogP contribution in [0.2, 0.25) is 0 Å². The number of hydrogen-bond acceptors (Lipinski definition) is 6. The molecule has 7 heteroatoms. The molecule has 1 atom stereocenters. The third-order valence-electron chi connectivity index (χ3n) is 3.69. The lowest BCUT2D eigenvalue weighted by molar-refractivity contribution is 0.741. The van der Waals surface area contributed by atoms with E-state index in [0.29, 0.717) is 11.6 Å². The molecule has 1 saturated heterocycles. The van der Waals surface area contributed by atoms with Crippen LogP contribution in [-0.4, -0.2) is 43.2 Å². The minimum atomic E-state index is 0.374. The van der Waals surface area contributed by atoms with E-state index in [2.05, 4.69) is 35.0 Å². The number of hydrogen-bond donors (Lipinski definition) is 1. The molecule has 0 spiro atoms. The molecule has 20 heavy (non-hydrogen) atoms. The molecule has 1 N–H and O–H groups in total. The molecule has 1 aliphatic heterocycles. The Labute approximate surface area is 115 Å². The maximum absolute atomic E-state index is 4.38. The molecule has 0 saturated carbocycles. The fourth-order valence-corrected chi connectivity index (χ4v) is 2.71. The van der Waals surface area contributed by atoms with Crippen molar-refractivity contribution in [1.82, 2.24) is 30.1 Å². The summed E-state index contributed by atoms with van der Waals surface area (Å²) in [7, 11) is 0. The average Bonchev–Trinajstić information content (AvgIpc) is 3.14. The Morgan fingerprint density at radius 3 is 2.90 bits per heavy atom. The minimum absolute atomic E-state index is 0.374. The summed E-state index contributed by atoms with van der Waals surface area (Å²) in [6.07, 6.45) is 9.62. The molecule has 0 aromatic carbocycles. The smallest absolute Gasteiger partial charge is 0.199 e. The van der Waals surface area contributed by atoms with E-state index in [4.69, 9.17) is 0 Å². The first-order valence-electron chi connectivity index (χ1n) is 6.58. The van der Waals surface area contributed by atoms with E-state index < -0.39 is 0 Å². The van der Waals surface area contributed by atoms with Crippen molar-refractivity contribution in [3.63, 3.8) is 0 Å². The molecule has 100 valence electrons. The third-order valence-corrected chi connectivity index (χ3v) is 3.69. The number of nitrogens with one attached hydrogen (secondary N) is 1. The Morgan fingerprint density at radius 1 is 1.10 bits per heavy atom. The fourth-order valence-electron chi connectivity index (χ4n) is 2.71. The molecule has 0 aliphatic carbocycles. The summed E-state index contributed by atoms with van der Waals surface area (Å²) in [5.41, 5.74) is 2.62. The van der Waals surface area contributed by atoms with Gasteiger partial charge in [0.25, 0.3) is 0 Å². The number of aromatic amines is 1. The van der Waals surface area contributed by atoms with Gasteiger partial charge in [-0.3, -0.25) is 10.1 Å². The molecule has 3 aromatic rings. The predicted octanol–water partition coefficient (Wildman–Crippen LogP) is 1.14. The van der Waals surface area contributed by atoms with Crippen molar-refractivity contribution in [3.8, 4) is 0 Å². The molecular weight excluding hydrogens is 254 g/mol. The second-order valence-electron chi connectivity index (χ2n) is 4.86. The van der Waals surface area contributed by atoms with Crippen molar-refractivity contribution >= 4 is 17.0 Å². The van der Waals surface area contributed by atoms with Crippen LogP contribution >= 0.6 is 0 Å². The lowest BCUT2D eigenvalue weighted by atomic mass is 10.0. The lowest BCUT2D eigenvalue weighted by Gasteiger charge is -2.16. The molecule has 1 fully saturated rings. The highest BCUT2D eigenvalue weighted by Crippen LogP contribution is 2.30. The molecule has 1 unspecified atom stereocenters. The van der Waals surface area contributed by atoms with E-state index >= 15 is 0 Å². The Bertz CT molecular complexity index is 724. The molecule has 4 heterocycles. The van der Waals surface area contributed by atoms with E-state index in [1.54, 1.807) is 31.0 Å². The summed E-state index contributed by atoms with van der Waals surface area (Å²) in [6.45, 7) is 1.86. The van der Waals surface area contributed by atoms with Crippen molar-refractivity contribution in [3.05, 3.63) is 36.7 Å². The standard InChI is InChI=1S/C13H13N7/c1-6-20(10-7-14-2-3-15-10)8-9(1)11-12-13(19-18-11)17-5-4-16-12/h2-5,7,9H,1,6,8H2,(H,17,18,19). The molecule has 0 amide bonds. The van der Waals surface area contributed by atoms with E-state index in [1.165, 1.54) is 0 Å². The summed E-state index contributed by atoms with van der Waals surface area (Å²) in [4.78, 5) is 19.3. The van der Waals surface area contributed by atoms with Gasteiger partial charge in [0, 0.05) is 43.8 Å². The number of aromatic nitrogens is 6. The van der Waals surface area contributed by atoms with Crippen LogP contribution < -0.4 is 4.90 Å².